The quantitative estimate of drug-likeness (QED) is 0.702. The lowest BCUT2D eigenvalue weighted by Crippen LogP contribution is -2.43. The van der Waals surface area contributed by atoms with Gasteiger partial charge in [-0.05, 0) is 60.3 Å². The second kappa shape index (κ2) is 8.01. The number of nitriles is 1. The van der Waals surface area contributed by atoms with Gasteiger partial charge in [0.1, 0.15) is 15.3 Å². The third-order valence-corrected chi connectivity index (χ3v) is 9.71. The van der Waals surface area contributed by atoms with Gasteiger partial charge in [0.05, 0.1) is 15.3 Å². The van der Waals surface area contributed by atoms with Crippen LogP contribution in [-0.4, -0.2) is 31.7 Å². The molecule has 2 aromatic rings. The molecule has 3 rings (SSSR count). The Bertz CT molecular complexity index is 1020. The van der Waals surface area contributed by atoms with Crippen molar-refractivity contribution >= 4 is 59.5 Å². The van der Waals surface area contributed by atoms with Gasteiger partial charge in [-0.3, -0.25) is 4.79 Å². The van der Waals surface area contributed by atoms with Crippen molar-refractivity contribution in [3.63, 3.8) is 0 Å². The average molecular weight is 488 g/mol. The summed E-state index contributed by atoms with van der Waals surface area (Å²) in [5.41, 5.74) is 1.35. The van der Waals surface area contributed by atoms with Gasteiger partial charge in [0, 0.05) is 18.0 Å². The highest BCUT2D eigenvalue weighted by atomic mass is 79.9. The number of hydrogen-bond donors (Lipinski definition) is 1. The molecular weight excluding hydrogens is 470 g/mol. The number of anilines is 1. The van der Waals surface area contributed by atoms with Gasteiger partial charge >= 0.3 is 0 Å². The lowest BCUT2D eigenvalue weighted by Gasteiger charge is -2.30. The number of piperidine rings is 1. The highest BCUT2D eigenvalue weighted by molar-refractivity contribution is 9.11. The Hall–Kier alpha value is -1.25. The lowest BCUT2D eigenvalue weighted by molar-refractivity contribution is -0.120. The topological polar surface area (TPSA) is 90.3 Å². The number of amides is 1. The Balaban J connectivity index is 1.76. The van der Waals surface area contributed by atoms with Gasteiger partial charge in [-0.15, -0.1) is 22.7 Å². The van der Waals surface area contributed by atoms with Crippen LogP contribution in [0.2, 0.25) is 0 Å². The van der Waals surface area contributed by atoms with Crippen molar-refractivity contribution < 1.29 is 13.2 Å². The zero-order valence-electron chi connectivity index (χ0n) is 14.8. The molecule has 0 bridgehead atoms. The summed E-state index contributed by atoms with van der Waals surface area (Å²) in [6.07, 6.45) is 1.24. The normalized spacial score (nSPS) is 18.2. The molecule has 10 heteroatoms. The summed E-state index contributed by atoms with van der Waals surface area (Å²) in [6.45, 7) is 4.32. The average Bonchev–Trinajstić information content (AvgIpc) is 3.19. The van der Waals surface area contributed by atoms with Crippen LogP contribution >= 0.6 is 38.6 Å². The fourth-order valence-corrected chi connectivity index (χ4v) is 7.70. The molecule has 1 fully saturated rings. The minimum Gasteiger partial charge on any atom is -0.316 e. The second-order valence-corrected chi connectivity index (χ2v) is 12.2. The number of rotatable bonds is 4. The maximum Gasteiger partial charge on any atom is 0.252 e. The number of nitrogens with zero attached hydrogens (tertiary/aromatic N) is 2. The number of carbonyl (C=O) groups is 1. The van der Waals surface area contributed by atoms with E-state index in [1.807, 2.05) is 13.8 Å². The molecule has 0 saturated carbocycles. The highest BCUT2D eigenvalue weighted by Crippen LogP contribution is 2.34. The van der Waals surface area contributed by atoms with E-state index < -0.39 is 15.9 Å². The molecule has 1 N–H and O–H groups in total. The number of hydrogen-bond acceptors (Lipinski definition) is 6. The molecule has 1 aliphatic heterocycles. The Morgan fingerprint density at radius 1 is 1.37 bits per heavy atom. The number of aryl methyl sites for hydroxylation is 1. The predicted octanol–water partition coefficient (Wildman–Crippen LogP) is 4.10. The third-order valence-electron chi connectivity index (χ3n) is 4.63. The van der Waals surface area contributed by atoms with E-state index >= 15 is 0 Å². The minimum atomic E-state index is -3.60. The molecule has 2 aromatic heterocycles. The number of thiophene rings is 2. The van der Waals surface area contributed by atoms with Crippen molar-refractivity contribution in [2.75, 3.05) is 18.4 Å². The van der Waals surface area contributed by atoms with Crippen LogP contribution in [0.15, 0.2) is 20.1 Å². The molecule has 6 nitrogen and oxygen atoms in total. The van der Waals surface area contributed by atoms with Gasteiger partial charge in [-0.1, -0.05) is 0 Å². The second-order valence-electron chi connectivity index (χ2n) is 6.35. The molecular formula is C17H18BrN3O3S3. The molecule has 1 saturated heterocycles. The maximum absolute atomic E-state index is 12.8. The van der Waals surface area contributed by atoms with E-state index in [1.165, 1.54) is 15.6 Å². The largest absolute Gasteiger partial charge is 0.316 e. The van der Waals surface area contributed by atoms with Crippen LogP contribution in [0.4, 0.5) is 5.00 Å². The summed E-state index contributed by atoms with van der Waals surface area (Å²) in [6, 6.07) is 5.41. The van der Waals surface area contributed by atoms with Crippen LogP contribution in [-0.2, 0) is 14.8 Å². The van der Waals surface area contributed by atoms with E-state index in [2.05, 4.69) is 27.3 Å². The van der Waals surface area contributed by atoms with Crippen LogP contribution in [0.1, 0.15) is 28.8 Å². The molecule has 0 aliphatic carbocycles. The maximum atomic E-state index is 12.8. The number of nitrogens with one attached hydrogen (secondary N) is 1. The Morgan fingerprint density at radius 2 is 2.11 bits per heavy atom. The Kier molecular flexibility index (Phi) is 6.08. The number of halogens is 1. The fraction of sp³-hybridized carbons (Fsp3) is 0.412. The van der Waals surface area contributed by atoms with Crippen molar-refractivity contribution in [1.82, 2.24) is 4.31 Å². The first-order chi connectivity index (χ1) is 12.7. The van der Waals surface area contributed by atoms with Crippen LogP contribution in [0.25, 0.3) is 0 Å². The first-order valence-corrected chi connectivity index (χ1v) is 12.2. The third kappa shape index (κ3) is 4.12. The Morgan fingerprint density at radius 3 is 2.74 bits per heavy atom. The van der Waals surface area contributed by atoms with Crippen LogP contribution in [0, 0.1) is 31.1 Å². The molecule has 1 amide bonds. The summed E-state index contributed by atoms with van der Waals surface area (Å²) in [5.74, 6) is -0.675. The van der Waals surface area contributed by atoms with Gasteiger partial charge in [-0.25, -0.2) is 8.42 Å². The molecule has 1 unspecified atom stereocenters. The first-order valence-electron chi connectivity index (χ1n) is 8.30. The predicted molar refractivity (Wildman–Crippen MR) is 111 cm³/mol. The van der Waals surface area contributed by atoms with Gasteiger partial charge in [0.2, 0.25) is 5.91 Å². The molecule has 27 heavy (non-hydrogen) atoms. The molecule has 0 aromatic carbocycles. The van der Waals surface area contributed by atoms with Crippen LogP contribution in [0.5, 0.6) is 0 Å². The van der Waals surface area contributed by atoms with Gasteiger partial charge in [0.15, 0.2) is 0 Å². The van der Waals surface area contributed by atoms with Gasteiger partial charge in [0.25, 0.3) is 10.0 Å². The lowest BCUT2D eigenvalue weighted by atomic mass is 9.99. The first kappa shape index (κ1) is 20.5. The summed E-state index contributed by atoms with van der Waals surface area (Å²) in [4.78, 5) is 13.7. The fourth-order valence-electron chi connectivity index (χ4n) is 3.00. The van der Waals surface area contributed by atoms with Gasteiger partial charge in [-0.2, -0.15) is 9.57 Å². The zero-order valence-corrected chi connectivity index (χ0v) is 18.8. The van der Waals surface area contributed by atoms with E-state index in [1.54, 1.807) is 12.1 Å². The SMILES string of the molecule is Cc1sc(NC(=O)C2CCCN(S(=O)(=O)c3ccc(Br)s3)C2)c(C#N)c1C. The molecule has 1 aliphatic rings. The van der Waals surface area contributed by atoms with Crippen molar-refractivity contribution in [2.45, 2.75) is 30.9 Å². The van der Waals surface area contributed by atoms with Gasteiger partial charge < -0.3 is 5.32 Å². The summed E-state index contributed by atoms with van der Waals surface area (Å²) in [5, 5.41) is 12.7. The van der Waals surface area contributed by atoms with Crippen molar-refractivity contribution in [2.24, 2.45) is 5.92 Å². The van der Waals surface area contributed by atoms with Crippen molar-refractivity contribution in [1.29, 1.82) is 5.26 Å². The summed E-state index contributed by atoms with van der Waals surface area (Å²) >= 11 is 5.82. The summed E-state index contributed by atoms with van der Waals surface area (Å²) in [7, 11) is -3.60. The van der Waals surface area contributed by atoms with Crippen LogP contribution in [0.3, 0.4) is 0 Å². The smallest absolute Gasteiger partial charge is 0.252 e. The molecule has 1 atom stereocenters. The highest BCUT2D eigenvalue weighted by Gasteiger charge is 2.34. The van der Waals surface area contributed by atoms with E-state index in [0.29, 0.717) is 30.0 Å². The number of carbonyl (C=O) groups excluding carboxylic acids is 1. The van der Waals surface area contributed by atoms with Crippen molar-refractivity contribution in [3.8, 4) is 6.07 Å². The van der Waals surface area contributed by atoms with E-state index in [0.717, 1.165) is 25.6 Å². The van der Waals surface area contributed by atoms with Crippen molar-refractivity contribution in [3.05, 3.63) is 31.9 Å². The standard InChI is InChI=1S/C17H18BrN3O3S3/c1-10-11(2)25-17(13(10)8-19)20-16(22)12-4-3-7-21(9-12)27(23,24)15-6-5-14(18)26-15/h5-6,12H,3-4,7,9H2,1-2H3,(H,20,22). The number of sulfonamides is 1. The summed E-state index contributed by atoms with van der Waals surface area (Å²) < 4.78 is 28.0. The van der Waals surface area contributed by atoms with Crippen LogP contribution < -0.4 is 5.32 Å². The Labute approximate surface area is 175 Å². The zero-order chi connectivity index (χ0) is 19.8. The van der Waals surface area contributed by atoms with E-state index in [-0.39, 0.29) is 16.7 Å². The van der Waals surface area contributed by atoms with E-state index in [4.69, 9.17) is 0 Å². The van der Waals surface area contributed by atoms with E-state index in [9.17, 15) is 18.5 Å². The molecule has 0 spiro atoms. The molecule has 0 radical (unpaired) electrons. The minimum absolute atomic E-state index is 0.148. The molecule has 3 heterocycles. The molecule has 144 valence electrons. The monoisotopic (exact) mass is 487 g/mol.